The number of unbranched alkanes of at least 4 members (excludes halogenated alkanes) is 1. The van der Waals surface area contributed by atoms with Crippen molar-refractivity contribution in [3.8, 4) is 11.8 Å². The van der Waals surface area contributed by atoms with Gasteiger partial charge in [0.2, 0.25) is 0 Å². The van der Waals surface area contributed by atoms with E-state index >= 15 is 0 Å². The molecule has 0 aliphatic carbocycles. The van der Waals surface area contributed by atoms with Gasteiger partial charge >= 0.3 is 12.1 Å². The lowest BCUT2D eigenvalue weighted by Gasteiger charge is -2.20. The minimum Gasteiger partial charge on any atom is -0.506 e. The Morgan fingerprint density at radius 3 is 2.57 bits per heavy atom. The van der Waals surface area contributed by atoms with Crippen LogP contribution in [-0.2, 0) is 9.53 Å². The van der Waals surface area contributed by atoms with Gasteiger partial charge in [-0.3, -0.25) is 5.32 Å². The Hall–Kier alpha value is -2.83. The summed E-state index contributed by atoms with van der Waals surface area (Å²) in [6, 6.07) is 11.6. The number of rotatable bonds is 8. The van der Waals surface area contributed by atoms with E-state index in [1.807, 2.05) is 6.07 Å². The first kappa shape index (κ1) is 23.4. The van der Waals surface area contributed by atoms with Crippen molar-refractivity contribution in [3.05, 3.63) is 68.6 Å². The summed E-state index contributed by atoms with van der Waals surface area (Å²) < 4.78 is 6.69. The third-order valence-corrected chi connectivity index (χ3v) is 5.07. The number of aliphatic carboxylic acids is 1. The van der Waals surface area contributed by atoms with Crippen molar-refractivity contribution in [1.82, 2.24) is 0 Å². The molecule has 2 aromatic carbocycles. The third-order valence-electron chi connectivity index (χ3n) is 4.01. The topological polar surface area (TPSA) is 120 Å². The van der Waals surface area contributed by atoms with Crippen LogP contribution >= 0.6 is 31.9 Å². The molecule has 0 spiro atoms. The van der Waals surface area contributed by atoms with Gasteiger partial charge in [0.15, 0.2) is 0 Å². The van der Waals surface area contributed by atoms with Gasteiger partial charge in [0.05, 0.1) is 16.1 Å². The lowest BCUT2D eigenvalue weighted by molar-refractivity contribution is -0.131. The summed E-state index contributed by atoms with van der Waals surface area (Å²) in [4.78, 5) is 23.0. The summed E-state index contributed by atoms with van der Waals surface area (Å²) >= 11 is 6.63. The number of carbonyl (C=O) groups excluding carboxylic acids is 1. The van der Waals surface area contributed by atoms with Crippen LogP contribution in [0.25, 0.3) is 0 Å². The fraction of sp³-hybridized carbons (Fsp3) is 0.190. The zero-order valence-corrected chi connectivity index (χ0v) is 18.8. The number of carboxylic acid groups (broad SMARTS) is 1. The Bertz CT molecular complexity index is 984. The Morgan fingerprint density at radius 2 is 1.93 bits per heavy atom. The molecule has 30 heavy (non-hydrogen) atoms. The van der Waals surface area contributed by atoms with Crippen molar-refractivity contribution >= 4 is 49.6 Å². The van der Waals surface area contributed by atoms with Crippen molar-refractivity contribution in [3.63, 3.8) is 0 Å². The Balaban J connectivity index is 2.14. The molecule has 0 fully saturated rings. The average molecular weight is 538 g/mol. The standard InChI is InChI=1S/C21H18Br2N2O5/c22-14-10-16(20(28)17(23)11-14)18(4-2-1-3-5-19(26)27)30-21(29)25-15-8-6-13(12-24)7-9-15/h3,5-11,18,28H,1-2,4H2,(H,25,29)(H,26,27)/b5-3+/t18-/m1/s1. The molecule has 0 heterocycles. The van der Waals surface area contributed by atoms with Crippen LogP contribution in [0.1, 0.15) is 36.5 Å². The van der Waals surface area contributed by atoms with E-state index < -0.39 is 18.2 Å². The monoisotopic (exact) mass is 536 g/mol. The first-order valence-electron chi connectivity index (χ1n) is 8.85. The third kappa shape index (κ3) is 7.21. The van der Waals surface area contributed by atoms with Gasteiger partial charge < -0.3 is 14.9 Å². The number of carbonyl (C=O) groups is 2. The number of carboxylic acids is 1. The number of hydrogen-bond donors (Lipinski definition) is 3. The van der Waals surface area contributed by atoms with E-state index in [0.717, 1.165) is 6.08 Å². The van der Waals surface area contributed by atoms with Gasteiger partial charge in [-0.2, -0.15) is 5.26 Å². The van der Waals surface area contributed by atoms with E-state index in [-0.39, 0.29) is 5.75 Å². The van der Waals surface area contributed by atoms with Gasteiger partial charge in [0, 0.05) is 21.8 Å². The zero-order chi connectivity index (χ0) is 22.1. The van der Waals surface area contributed by atoms with E-state index in [0.29, 0.717) is 45.0 Å². The Kier molecular flexibility index (Phi) is 8.89. The highest BCUT2D eigenvalue weighted by Gasteiger charge is 2.22. The van der Waals surface area contributed by atoms with Gasteiger partial charge in [0.1, 0.15) is 11.9 Å². The number of amides is 1. The predicted octanol–water partition coefficient (Wildman–Crippen LogP) is 5.89. The first-order valence-corrected chi connectivity index (χ1v) is 10.4. The lowest BCUT2D eigenvalue weighted by Crippen LogP contribution is -2.18. The normalized spacial score (nSPS) is 11.6. The Labute approximate surface area is 190 Å². The summed E-state index contributed by atoms with van der Waals surface area (Å²) in [5.41, 5.74) is 1.33. The largest absolute Gasteiger partial charge is 0.506 e. The molecule has 1 amide bonds. The van der Waals surface area contributed by atoms with Gasteiger partial charge in [-0.15, -0.1) is 0 Å². The second-order valence-electron chi connectivity index (χ2n) is 6.21. The average Bonchev–Trinajstić information content (AvgIpc) is 2.70. The van der Waals surface area contributed by atoms with Crippen molar-refractivity contribution in [2.45, 2.75) is 25.4 Å². The van der Waals surface area contributed by atoms with Crippen LogP contribution in [0, 0.1) is 11.3 Å². The highest BCUT2D eigenvalue weighted by Crippen LogP contribution is 2.38. The molecule has 0 unspecified atom stereocenters. The number of phenolic OH excluding ortho intramolecular Hbond substituents is 1. The second kappa shape index (κ2) is 11.4. The number of phenols is 1. The first-order chi connectivity index (χ1) is 14.3. The van der Waals surface area contributed by atoms with E-state index in [1.54, 1.807) is 36.4 Å². The van der Waals surface area contributed by atoms with Crippen LogP contribution in [0.3, 0.4) is 0 Å². The smallest absolute Gasteiger partial charge is 0.412 e. The van der Waals surface area contributed by atoms with Crippen molar-refractivity contribution in [1.29, 1.82) is 5.26 Å². The number of benzene rings is 2. The van der Waals surface area contributed by atoms with Crippen molar-refractivity contribution < 1.29 is 24.5 Å². The van der Waals surface area contributed by atoms with Crippen LogP contribution in [0.5, 0.6) is 5.75 Å². The Morgan fingerprint density at radius 1 is 1.23 bits per heavy atom. The second-order valence-corrected chi connectivity index (χ2v) is 7.98. The van der Waals surface area contributed by atoms with E-state index in [4.69, 9.17) is 15.1 Å². The van der Waals surface area contributed by atoms with Gasteiger partial charge in [0.25, 0.3) is 0 Å². The molecule has 2 rings (SSSR count). The van der Waals surface area contributed by atoms with Crippen LogP contribution in [0.2, 0.25) is 0 Å². The van der Waals surface area contributed by atoms with Gasteiger partial charge in [-0.1, -0.05) is 22.0 Å². The van der Waals surface area contributed by atoms with Crippen molar-refractivity contribution in [2.75, 3.05) is 5.32 Å². The maximum absolute atomic E-state index is 12.4. The molecule has 0 bridgehead atoms. The molecular weight excluding hydrogens is 520 g/mol. The number of anilines is 1. The molecule has 0 aliphatic rings. The summed E-state index contributed by atoms with van der Waals surface area (Å²) in [6.45, 7) is 0. The van der Waals surface area contributed by atoms with Crippen molar-refractivity contribution in [2.24, 2.45) is 0 Å². The number of nitrogens with one attached hydrogen (secondary N) is 1. The van der Waals surface area contributed by atoms with Gasteiger partial charge in [-0.25, -0.2) is 9.59 Å². The molecule has 0 saturated carbocycles. The molecular formula is C21H18Br2N2O5. The zero-order valence-electron chi connectivity index (χ0n) is 15.6. The molecule has 0 aliphatic heterocycles. The summed E-state index contributed by atoms with van der Waals surface area (Å²) in [7, 11) is 0. The van der Waals surface area contributed by atoms with Crippen LogP contribution < -0.4 is 5.32 Å². The maximum Gasteiger partial charge on any atom is 0.412 e. The van der Waals surface area contributed by atoms with Crippen LogP contribution in [-0.4, -0.2) is 22.3 Å². The maximum atomic E-state index is 12.4. The summed E-state index contributed by atoms with van der Waals surface area (Å²) in [6.07, 6.45) is 2.45. The van der Waals surface area contributed by atoms with E-state index in [1.165, 1.54) is 6.08 Å². The number of nitrogens with zero attached hydrogens (tertiary/aromatic N) is 1. The molecule has 0 aromatic heterocycles. The van der Waals surface area contributed by atoms with Crippen LogP contribution in [0.4, 0.5) is 10.5 Å². The minimum absolute atomic E-state index is 0.0459. The summed E-state index contributed by atoms with van der Waals surface area (Å²) in [5.74, 6) is -1.08. The quantitative estimate of drug-likeness (QED) is 0.285. The molecule has 2 aromatic rings. The molecule has 3 N–H and O–H groups in total. The molecule has 1 atom stereocenters. The number of aromatic hydroxyl groups is 1. The number of hydrogen-bond acceptors (Lipinski definition) is 5. The van der Waals surface area contributed by atoms with E-state index in [9.17, 15) is 14.7 Å². The highest BCUT2D eigenvalue weighted by molar-refractivity contribution is 9.11. The molecule has 7 nitrogen and oxygen atoms in total. The number of halogens is 2. The molecule has 9 heteroatoms. The fourth-order valence-electron chi connectivity index (χ4n) is 2.62. The van der Waals surface area contributed by atoms with Gasteiger partial charge in [-0.05, 0) is 71.6 Å². The molecule has 156 valence electrons. The minimum atomic E-state index is -1.03. The fourth-order valence-corrected chi connectivity index (χ4v) is 3.88. The SMILES string of the molecule is N#Cc1ccc(NC(=O)O[C@H](CCC/C=C/C(=O)O)c2cc(Br)cc(Br)c2O)cc1. The summed E-state index contributed by atoms with van der Waals surface area (Å²) in [5, 5.41) is 30.5. The number of ether oxygens (including phenoxy) is 1. The molecule has 0 radical (unpaired) electrons. The number of nitriles is 1. The highest BCUT2D eigenvalue weighted by atomic mass is 79.9. The number of allylic oxidation sites excluding steroid dienone is 1. The lowest BCUT2D eigenvalue weighted by atomic mass is 10.0. The predicted molar refractivity (Wildman–Crippen MR) is 118 cm³/mol. The molecule has 0 saturated heterocycles. The van der Waals surface area contributed by atoms with E-state index in [2.05, 4.69) is 37.2 Å². The van der Waals surface area contributed by atoms with Crippen LogP contribution in [0.15, 0.2) is 57.5 Å².